The Morgan fingerprint density at radius 2 is 1.87 bits per heavy atom. The van der Waals surface area contributed by atoms with Gasteiger partial charge in [-0.2, -0.15) is 0 Å². The predicted octanol–water partition coefficient (Wildman–Crippen LogP) is 4.52. The first-order valence-electron chi connectivity index (χ1n) is 5.27. The van der Waals surface area contributed by atoms with Crippen molar-refractivity contribution in [1.82, 2.24) is 0 Å². The molecule has 84 valence electrons. The second kappa shape index (κ2) is 7.84. The van der Waals surface area contributed by atoms with Crippen LogP contribution in [-0.2, 0) is 0 Å². The van der Waals surface area contributed by atoms with Crippen LogP contribution in [0.3, 0.4) is 0 Å². The quantitative estimate of drug-likeness (QED) is 0.508. The lowest BCUT2D eigenvalue weighted by atomic mass is 10.2. The fourth-order valence-corrected chi connectivity index (χ4v) is 1.67. The lowest BCUT2D eigenvalue weighted by molar-refractivity contribution is 0.305. The van der Waals surface area contributed by atoms with Crippen molar-refractivity contribution in [2.24, 2.45) is 0 Å². The molecule has 0 aliphatic carbocycles. The molecule has 1 rings (SSSR count). The summed E-state index contributed by atoms with van der Waals surface area (Å²) in [7, 11) is 0. The Morgan fingerprint density at radius 1 is 1.07 bits per heavy atom. The number of benzene rings is 1. The summed E-state index contributed by atoms with van der Waals surface area (Å²) >= 11 is 11.4. The minimum Gasteiger partial charge on any atom is -0.494 e. The fourth-order valence-electron chi connectivity index (χ4n) is 1.30. The summed E-state index contributed by atoms with van der Waals surface area (Å²) in [6.45, 7) is 0.753. The van der Waals surface area contributed by atoms with Crippen LogP contribution < -0.4 is 4.74 Å². The summed E-state index contributed by atoms with van der Waals surface area (Å²) in [5.41, 5.74) is 0. The number of ether oxygens (including phenoxy) is 1. The summed E-state index contributed by atoms with van der Waals surface area (Å²) in [6.07, 6.45) is 4.53. The largest absolute Gasteiger partial charge is 0.494 e. The van der Waals surface area contributed by atoms with Gasteiger partial charge < -0.3 is 4.74 Å². The van der Waals surface area contributed by atoms with Gasteiger partial charge in [0.05, 0.1) is 6.61 Å². The summed E-state index contributed by atoms with van der Waals surface area (Å²) in [5.74, 6) is 1.61. The van der Waals surface area contributed by atoms with Gasteiger partial charge in [0, 0.05) is 10.9 Å². The van der Waals surface area contributed by atoms with Gasteiger partial charge in [-0.25, -0.2) is 0 Å². The number of halogens is 2. The van der Waals surface area contributed by atoms with Crippen LogP contribution in [0.15, 0.2) is 24.3 Å². The zero-order valence-electron chi connectivity index (χ0n) is 8.72. The van der Waals surface area contributed by atoms with Crippen molar-refractivity contribution in [2.75, 3.05) is 12.5 Å². The molecule has 1 nitrogen and oxygen atoms in total. The van der Waals surface area contributed by atoms with Crippen molar-refractivity contribution in [3.05, 3.63) is 29.3 Å². The van der Waals surface area contributed by atoms with Gasteiger partial charge in [-0.3, -0.25) is 0 Å². The maximum absolute atomic E-state index is 5.83. The van der Waals surface area contributed by atoms with Crippen LogP contribution in [0.1, 0.15) is 25.7 Å². The topological polar surface area (TPSA) is 9.23 Å². The van der Waals surface area contributed by atoms with E-state index in [1.54, 1.807) is 0 Å². The van der Waals surface area contributed by atoms with Crippen molar-refractivity contribution in [1.29, 1.82) is 0 Å². The smallest absolute Gasteiger partial charge is 0.120 e. The van der Waals surface area contributed by atoms with E-state index in [-0.39, 0.29) is 0 Å². The molecule has 0 spiro atoms. The van der Waals surface area contributed by atoms with Crippen LogP contribution in [0.4, 0.5) is 0 Å². The Balaban J connectivity index is 2.10. The molecule has 0 amide bonds. The molecule has 0 saturated carbocycles. The van der Waals surface area contributed by atoms with Gasteiger partial charge in [0.25, 0.3) is 0 Å². The normalized spacial score (nSPS) is 10.3. The Kier molecular flexibility index (Phi) is 6.62. The average Bonchev–Trinajstić information content (AvgIpc) is 2.23. The van der Waals surface area contributed by atoms with E-state index in [1.807, 2.05) is 24.3 Å². The molecule has 1 aromatic rings. The monoisotopic (exact) mass is 246 g/mol. The number of unbranched alkanes of at least 4 members (excludes halogenated alkanes) is 3. The highest BCUT2D eigenvalue weighted by molar-refractivity contribution is 6.30. The van der Waals surface area contributed by atoms with Gasteiger partial charge in [-0.05, 0) is 31.0 Å². The highest BCUT2D eigenvalue weighted by Crippen LogP contribution is 2.17. The number of hydrogen-bond donors (Lipinski definition) is 0. The Labute approximate surface area is 101 Å². The first-order valence-corrected chi connectivity index (χ1v) is 6.18. The molecular weight excluding hydrogens is 231 g/mol. The van der Waals surface area contributed by atoms with Gasteiger partial charge in [-0.15, -0.1) is 11.6 Å². The second-order valence-corrected chi connectivity index (χ2v) is 4.22. The molecule has 0 saturated heterocycles. The second-order valence-electron chi connectivity index (χ2n) is 3.41. The van der Waals surface area contributed by atoms with Crippen LogP contribution in [0.5, 0.6) is 5.75 Å². The van der Waals surface area contributed by atoms with Crippen LogP contribution in [0.25, 0.3) is 0 Å². The van der Waals surface area contributed by atoms with Gasteiger partial charge in [0.15, 0.2) is 0 Å². The molecule has 0 unspecified atom stereocenters. The maximum Gasteiger partial charge on any atom is 0.120 e. The Bertz CT molecular complexity index is 276. The van der Waals surface area contributed by atoms with E-state index < -0.39 is 0 Å². The van der Waals surface area contributed by atoms with E-state index in [9.17, 15) is 0 Å². The summed E-state index contributed by atoms with van der Waals surface area (Å²) in [4.78, 5) is 0. The van der Waals surface area contributed by atoms with E-state index in [2.05, 4.69) is 0 Å². The number of alkyl halides is 1. The molecule has 0 heterocycles. The number of rotatable bonds is 7. The Hall–Kier alpha value is -0.400. The molecule has 0 bridgehead atoms. The highest BCUT2D eigenvalue weighted by Gasteiger charge is 1.94. The van der Waals surface area contributed by atoms with E-state index in [4.69, 9.17) is 27.9 Å². The molecule has 1 aromatic carbocycles. The van der Waals surface area contributed by atoms with Crippen molar-refractivity contribution < 1.29 is 4.74 Å². The van der Waals surface area contributed by atoms with E-state index in [0.29, 0.717) is 0 Å². The van der Waals surface area contributed by atoms with E-state index >= 15 is 0 Å². The van der Waals surface area contributed by atoms with Crippen molar-refractivity contribution in [3.63, 3.8) is 0 Å². The minimum atomic E-state index is 0.717. The summed E-state index contributed by atoms with van der Waals surface area (Å²) < 4.78 is 5.55. The van der Waals surface area contributed by atoms with Crippen LogP contribution in [0.2, 0.25) is 5.02 Å². The minimum absolute atomic E-state index is 0.717. The third-order valence-electron chi connectivity index (χ3n) is 2.09. The molecule has 0 aromatic heterocycles. The standard InChI is InChI=1S/C12H16Cl2O/c13-8-3-1-2-4-9-15-12-7-5-6-11(14)10-12/h5-7,10H,1-4,8-9H2. The molecule has 15 heavy (non-hydrogen) atoms. The third kappa shape index (κ3) is 5.91. The maximum atomic E-state index is 5.83. The van der Waals surface area contributed by atoms with Crippen molar-refractivity contribution >= 4 is 23.2 Å². The SMILES string of the molecule is ClCCCCCCOc1cccc(Cl)c1. The van der Waals surface area contributed by atoms with Crippen molar-refractivity contribution in [3.8, 4) is 5.75 Å². The first-order chi connectivity index (χ1) is 7.33. The summed E-state index contributed by atoms with van der Waals surface area (Å²) in [5, 5.41) is 0.717. The zero-order valence-corrected chi connectivity index (χ0v) is 10.2. The number of hydrogen-bond acceptors (Lipinski definition) is 1. The third-order valence-corrected chi connectivity index (χ3v) is 2.60. The average molecular weight is 247 g/mol. The molecule has 3 heteroatoms. The molecule has 0 atom stereocenters. The molecule has 0 fully saturated rings. The summed E-state index contributed by atoms with van der Waals surface area (Å²) in [6, 6.07) is 7.49. The lowest BCUT2D eigenvalue weighted by Gasteiger charge is -2.05. The lowest BCUT2D eigenvalue weighted by Crippen LogP contribution is -1.97. The van der Waals surface area contributed by atoms with Gasteiger partial charge >= 0.3 is 0 Å². The van der Waals surface area contributed by atoms with Gasteiger partial charge in [0.2, 0.25) is 0 Å². The van der Waals surface area contributed by atoms with E-state index in [0.717, 1.165) is 36.1 Å². The molecule has 0 N–H and O–H groups in total. The zero-order chi connectivity index (χ0) is 10.9. The van der Waals surface area contributed by atoms with E-state index in [1.165, 1.54) is 12.8 Å². The highest BCUT2D eigenvalue weighted by atomic mass is 35.5. The van der Waals surface area contributed by atoms with Gasteiger partial charge in [-0.1, -0.05) is 30.5 Å². The van der Waals surface area contributed by atoms with Crippen LogP contribution in [0, 0.1) is 0 Å². The Morgan fingerprint density at radius 3 is 2.60 bits per heavy atom. The molecule has 0 aliphatic heterocycles. The predicted molar refractivity (Wildman–Crippen MR) is 66.1 cm³/mol. The van der Waals surface area contributed by atoms with Crippen LogP contribution in [-0.4, -0.2) is 12.5 Å². The molecule has 0 aliphatic rings. The fraction of sp³-hybridized carbons (Fsp3) is 0.500. The van der Waals surface area contributed by atoms with Crippen LogP contribution >= 0.6 is 23.2 Å². The van der Waals surface area contributed by atoms with Gasteiger partial charge in [0.1, 0.15) is 5.75 Å². The van der Waals surface area contributed by atoms with Crippen molar-refractivity contribution in [2.45, 2.75) is 25.7 Å². The molecule has 0 radical (unpaired) electrons. The molecular formula is C12H16Cl2O. The first kappa shape index (κ1) is 12.7.